The summed E-state index contributed by atoms with van der Waals surface area (Å²) in [5.41, 5.74) is 6.82. The van der Waals surface area contributed by atoms with Crippen LogP contribution in [-0.2, 0) is 6.54 Å². The first kappa shape index (κ1) is 14.8. The molecular weight excluding hydrogens is 248 g/mol. The Kier molecular flexibility index (Phi) is 5.39. The van der Waals surface area contributed by atoms with Crippen molar-refractivity contribution in [3.05, 3.63) is 42.0 Å². The van der Waals surface area contributed by atoms with Gasteiger partial charge in [0, 0.05) is 6.54 Å². The Balaban J connectivity index is 1.91. The van der Waals surface area contributed by atoms with Gasteiger partial charge in [0.1, 0.15) is 5.75 Å². The fourth-order valence-electron chi connectivity index (χ4n) is 2.21. The quantitative estimate of drug-likeness (QED) is 0.787. The number of hydrogen-bond donors (Lipinski definition) is 1. The van der Waals surface area contributed by atoms with E-state index in [9.17, 15) is 0 Å². The Morgan fingerprint density at radius 1 is 1.00 bits per heavy atom. The second-order valence-electron chi connectivity index (χ2n) is 5.41. The highest BCUT2D eigenvalue weighted by atomic mass is 16.5. The van der Waals surface area contributed by atoms with E-state index in [0.717, 1.165) is 30.9 Å². The van der Waals surface area contributed by atoms with E-state index in [2.05, 4.69) is 49.3 Å². The summed E-state index contributed by atoms with van der Waals surface area (Å²) in [5, 5.41) is 2.42. The van der Waals surface area contributed by atoms with Crippen LogP contribution in [0.1, 0.15) is 18.4 Å². The van der Waals surface area contributed by atoms with Crippen LogP contribution < -0.4 is 10.5 Å². The number of fused-ring (bicyclic) bond motifs is 1. The van der Waals surface area contributed by atoms with E-state index in [0.29, 0.717) is 6.54 Å². The Morgan fingerprint density at radius 2 is 1.75 bits per heavy atom. The van der Waals surface area contributed by atoms with Crippen molar-refractivity contribution in [1.29, 1.82) is 0 Å². The van der Waals surface area contributed by atoms with Crippen molar-refractivity contribution < 1.29 is 4.74 Å². The van der Waals surface area contributed by atoms with E-state index >= 15 is 0 Å². The van der Waals surface area contributed by atoms with Crippen LogP contribution in [0.5, 0.6) is 5.75 Å². The molecule has 0 amide bonds. The third kappa shape index (κ3) is 4.22. The highest BCUT2D eigenvalue weighted by Gasteiger charge is 1.99. The van der Waals surface area contributed by atoms with Gasteiger partial charge in [0.05, 0.1) is 6.61 Å². The van der Waals surface area contributed by atoms with Gasteiger partial charge in [-0.05, 0) is 68.0 Å². The van der Waals surface area contributed by atoms with Crippen LogP contribution in [0.25, 0.3) is 10.8 Å². The second-order valence-corrected chi connectivity index (χ2v) is 5.41. The van der Waals surface area contributed by atoms with Crippen LogP contribution in [0.4, 0.5) is 0 Å². The summed E-state index contributed by atoms with van der Waals surface area (Å²) in [6, 6.07) is 12.6. The zero-order chi connectivity index (χ0) is 14.4. The minimum absolute atomic E-state index is 0.583. The van der Waals surface area contributed by atoms with Crippen molar-refractivity contribution in [3.8, 4) is 5.75 Å². The minimum Gasteiger partial charge on any atom is -0.494 e. The molecule has 2 aromatic rings. The third-order valence-electron chi connectivity index (χ3n) is 3.38. The SMILES string of the molecule is CN(C)CCCCOc1ccc2cc(CN)ccc2c1. The first-order chi connectivity index (χ1) is 9.69. The monoisotopic (exact) mass is 272 g/mol. The van der Waals surface area contributed by atoms with Crippen LogP contribution in [0.15, 0.2) is 36.4 Å². The average Bonchev–Trinajstić information content (AvgIpc) is 2.46. The van der Waals surface area contributed by atoms with E-state index < -0.39 is 0 Å². The molecule has 0 saturated heterocycles. The lowest BCUT2D eigenvalue weighted by atomic mass is 10.1. The molecule has 2 rings (SSSR count). The Bertz CT molecular complexity index is 552. The molecule has 0 radical (unpaired) electrons. The minimum atomic E-state index is 0.583. The smallest absolute Gasteiger partial charge is 0.119 e. The van der Waals surface area contributed by atoms with Gasteiger partial charge in [-0.15, -0.1) is 0 Å². The highest BCUT2D eigenvalue weighted by Crippen LogP contribution is 2.22. The highest BCUT2D eigenvalue weighted by molar-refractivity contribution is 5.84. The summed E-state index contributed by atoms with van der Waals surface area (Å²) in [7, 11) is 4.19. The molecule has 0 bridgehead atoms. The summed E-state index contributed by atoms with van der Waals surface area (Å²) >= 11 is 0. The third-order valence-corrected chi connectivity index (χ3v) is 3.38. The molecule has 0 unspecified atom stereocenters. The number of unbranched alkanes of at least 4 members (excludes halogenated alkanes) is 1. The number of benzene rings is 2. The van der Waals surface area contributed by atoms with Crippen LogP contribution in [-0.4, -0.2) is 32.1 Å². The molecule has 0 atom stereocenters. The zero-order valence-electron chi connectivity index (χ0n) is 12.4. The molecule has 2 aromatic carbocycles. The lowest BCUT2D eigenvalue weighted by molar-refractivity contribution is 0.293. The maximum Gasteiger partial charge on any atom is 0.119 e. The molecule has 3 nitrogen and oxygen atoms in total. The summed E-state index contributed by atoms with van der Waals surface area (Å²) < 4.78 is 5.81. The molecule has 20 heavy (non-hydrogen) atoms. The molecule has 108 valence electrons. The van der Waals surface area contributed by atoms with Gasteiger partial charge in [0.15, 0.2) is 0 Å². The van der Waals surface area contributed by atoms with Crippen molar-refractivity contribution >= 4 is 10.8 Å². The molecule has 0 saturated carbocycles. The first-order valence-electron chi connectivity index (χ1n) is 7.19. The lowest BCUT2D eigenvalue weighted by Crippen LogP contribution is -2.13. The first-order valence-corrected chi connectivity index (χ1v) is 7.19. The predicted molar refractivity (Wildman–Crippen MR) is 85.1 cm³/mol. The Labute approximate surface area is 121 Å². The van der Waals surface area contributed by atoms with Gasteiger partial charge in [-0.25, -0.2) is 0 Å². The van der Waals surface area contributed by atoms with Gasteiger partial charge in [0.25, 0.3) is 0 Å². The summed E-state index contributed by atoms with van der Waals surface area (Å²) in [5.74, 6) is 0.947. The normalized spacial score (nSPS) is 11.2. The molecule has 0 aliphatic heterocycles. The Morgan fingerprint density at radius 3 is 2.50 bits per heavy atom. The molecule has 0 aromatic heterocycles. The number of nitrogens with two attached hydrogens (primary N) is 1. The summed E-state index contributed by atoms with van der Waals surface area (Å²) in [4.78, 5) is 2.20. The maximum absolute atomic E-state index is 5.81. The van der Waals surface area contributed by atoms with Gasteiger partial charge in [-0.2, -0.15) is 0 Å². The standard InChI is InChI=1S/C17H24N2O/c1-19(2)9-3-4-10-20-17-8-7-15-11-14(13-18)5-6-16(15)12-17/h5-8,11-12H,3-4,9-10,13,18H2,1-2H3. The van der Waals surface area contributed by atoms with Crippen molar-refractivity contribution in [2.24, 2.45) is 5.73 Å². The van der Waals surface area contributed by atoms with Gasteiger partial charge < -0.3 is 15.4 Å². The van der Waals surface area contributed by atoms with Gasteiger partial charge in [0.2, 0.25) is 0 Å². The van der Waals surface area contributed by atoms with E-state index in [4.69, 9.17) is 10.5 Å². The summed E-state index contributed by atoms with van der Waals surface area (Å²) in [6.07, 6.45) is 2.25. The molecule has 0 heterocycles. The van der Waals surface area contributed by atoms with Crippen LogP contribution >= 0.6 is 0 Å². The summed E-state index contributed by atoms with van der Waals surface area (Å²) in [6.45, 7) is 2.48. The van der Waals surface area contributed by atoms with Crippen molar-refractivity contribution in [1.82, 2.24) is 4.90 Å². The van der Waals surface area contributed by atoms with E-state index in [1.807, 2.05) is 6.07 Å². The van der Waals surface area contributed by atoms with Gasteiger partial charge in [-0.3, -0.25) is 0 Å². The topological polar surface area (TPSA) is 38.5 Å². The largest absolute Gasteiger partial charge is 0.494 e. The van der Waals surface area contributed by atoms with E-state index in [-0.39, 0.29) is 0 Å². The van der Waals surface area contributed by atoms with Gasteiger partial charge in [-0.1, -0.05) is 18.2 Å². The molecule has 0 aliphatic rings. The van der Waals surface area contributed by atoms with Crippen molar-refractivity contribution in [2.45, 2.75) is 19.4 Å². The fourth-order valence-corrected chi connectivity index (χ4v) is 2.21. The van der Waals surface area contributed by atoms with E-state index in [1.165, 1.54) is 17.2 Å². The molecule has 2 N–H and O–H groups in total. The molecular formula is C17H24N2O. The van der Waals surface area contributed by atoms with Crippen molar-refractivity contribution in [3.63, 3.8) is 0 Å². The number of ether oxygens (including phenoxy) is 1. The lowest BCUT2D eigenvalue weighted by Gasteiger charge is -2.10. The number of nitrogens with zero attached hydrogens (tertiary/aromatic N) is 1. The molecule has 3 heteroatoms. The second kappa shape index (κ2) is 7.27. The van der Waals surface area contributed by atoms with Crippen LogP contribution in [0, 0.1) is 0 Å². The maximum atomic E-state index is 5.81. The predicted octanol–water partition coefficient (Wildman–Crippen LogP) is 3.02. The van der Waals surface area contributed by atoms with Crippen LogP contribution in [0.3, 0.4) is 0 Å². The average molecular weight is 272 g/mol. The molecule has 0 aliphatic carbocycles. The van der Waals surface area contributed by atoms with E-state index in [1.54, 1.807) is 0 Å². The van der Waals surface area contributed by atoms with Crippen LogP contribution in [0.2, 0.25) is 0 Å². The number of hydrogen-bond acceptors (Lipinski definition) is 3. The molecule has 0 fully saturated rings. The Hall–Kier alpha value is -1.58. The zero-order valence-corrected chi connectivity index (χ0v) is 12.4. The fraction of sp³-hybridized carbons (Fsp3) is 0.412. The van der Waals surface area contributed by atoms with Gasteiger partial charge >= 0.3 is 0 Å². The molecule has 0 spiro atoms. The number of rotatable bonds is 7. The van der Waals surface area contributed by atoms with Crippen molar-refractivity contribution in [2.75, 3.05) is 27.2 Å².